The van der Waals surface area contributed by atoms with Crippen molar-refractivity contribution in [3.05, 3.63) is 35.7 Å². The third-order valence-corrected chi connectivity index (χ3v) is 2.79. The second kappa shape index (κ2) is 3.89. The summed E-state index contributed by atoms with van der Waals surface area (Å²) >= 11 is 0. The molecule has 0 unspecified atom stereocenters. The van der Waals surface area contributed by atoms with E-state index in [1.807, 2.05) is 4.57 Å². The second-order valence-corrected chi connectivity index (χ2v) is 3.89. The number of rotatable bonds is 1. The van der Waals surface area contributed by atoms with Gasteiger partial charge in [-0.2, -0.15) is 0 Å². The molecule has 1 aromatic carbocycles. The lowest BCUT2D eigenvalue weighted by Crippen LogP contribution is -2.28. The van der Waals surface area contributed by atoms with Crippen LogP contribution in [0.25, 0.3) is 11.4 Å². The van der Waals surface area contributed by atoms with E-state index in [1.54, 1.807) is 0 Å². The normalized spacial score (nSPS) is 14.7. The van der Waals surface area contributed by atoms with Crippen molar-refractivity contribution in [1.82, 2.24) is 20.1 Å². The van der Waals surface area contributed by atoms with E-state index in [4.69, 9.17) is 0 Å². The number of benzene rings is 1. The Labute approximate surface area is 96.3 Å². The predicted molar refractivity (Wildman–Crippen MR) is 57.1 cm³/mol. The van der Waals surface area contributed by atoms with Gasteiger partial charge in [0.05, 0.1) is 12.1 Å². The van der Waals surface area contributed by atoms with Crippen LogP contribution in [0.15, 0.2) is 18.2 Å². The summed E-state index contributed by atoms with van der Waals surface area (Å²) in [4.78, 5) is 0. The Morgan fingerprint density at radius 3 is 2.94 bits per heavy atom. The fraction of sp³-hybridized carbons (Fsp3) is 0.273. The summed E-state index contributed by atoms with van der Waals surface area (Å²) in [6.45, 7) is 2.10. The Hall–Kier alpha value is -1.82. The highest BCUT2D eigenvalue weighted by Gasteiger charge is 2.19. The molecule has 0 radical (unpaired) electrons. The van der Waals surface area contributed by atoms with Crippen LogP contribution in [0.3, 0.4) is 0 Å². The molecule has 3 rings (SSSR count). The smallest absolute Gasteiger partial charge is 0.167 e. The summed E-state index contributed by atoms with van der Waals surface area (Å²) in [5.74, 6) is 0.0269. The molecule has 2 aromatic rings. The Morgan fingerprint density at radius 2 is 2.12 bits per heavy atom. The summed E-state index contributed by atoms with van der Waals surface area (Å²) in [6.07, 6.45) is 0. The molecule has 0 bridgehead atoms. The molecule has 88 valence electrons. The minimum Gasteiger partial charge on any atom is -0.309 e. The molecule has 0 saturated carbocycles. The van der Waals surface area contributed by atoms with E-state index < -0.39 is 11.6 Å². The van der Waals surface area contributed by atoms with Crippen LogP contribution in [0, 0.1) is 11.6 Å². The molecule has 0 saturated heterocycles. The van der Waals surface area contributed by atoms with Crippen molar-refractivity contribution in [3.63, 3.8) is 0 Å². The Balaban J connectivity index is 2.12. The first-order valence-corrected chi connectivity index (χ1v) is 5.34. The monoisotopic (exact) mass is 236 g/mol. The minimum absolute atomic E-state index is 0.284. The van der Waals surface area contributed by atoms with Crippen molar-refractivity contribution in [2.45, 2.75) is 13.1 Å². The van der Waals surface area contributed by atoms with Gasteiger partial charge in [-0.15, -0.1) is 10.2 Å². The summed E-state index contributed by atoms with van der Waals surface area (Å²) in [7, 11) is 0. The van der Waals surface area contributed by atoms with Gasteiger partial charge >= 0.3 is 0 Å². The maximum Gasteiger partial charge on any atom is 0.167 e. The van der Waals surface area contributed by atoms with E-state index in [2.05, 4.69) is 15.5 Å². The van der Waals surface area contributed by atoms with Crippen LogP contribution in [0.2, 0.25) is 0 Å². The molecule has 17 heavy (non-hydrogen) atoms. The predicted octanol–water partition coefficient (Wildman–Crippen LogP) is 1.33. The largest absolute Gasteiger partial charge is 0.309 e. The summed E-state index contributed by atoms with van der Waals surface area (Å²) in [5.41, 5.74) is 0.284. The van der Waals surface area contributed by atoms with Gasteiger partial charge in [-0.3, -0.25) is 0 Å². The zero-order valence-electron chi connectivity index (χ0n) is 8.95. The lowest BCUT2D eigenvalue weighted by atomic mass is 10.2. The highest BCUT2D eigenvalue weighted by molar-refractivity contribution is 5.56. The number of fused-ring (bicyclic) bond motifs is 1. The molecule has 4 nitrogen and oxygen atoms in total. The minimum atomic E-state index is -0.612. The van der Waals surface area contributed by atoms with E-state index in [-0.39, 0.29) is 5.56 Å². The van der Waals surface area contributed by atoms with Gasteiger partial charge in [0.15, 0.2) is 5.82 Å². The molecule has 1 aliphatic heterocycles. The maximum absolute atomic E-state index is 13.6. The van der Waals surface area contributed by atoms with Gasteiger partial charge in [0.1, 0.15) is 17.5 Å². The van der Waals surface area contributed by atoms with E-state index in [0.717, 1.165) is 18.4 Å². The third kappa shape index (κ3) is 1.70. The van der Waals surface area contributed by atoms with Crippen molar-refractivity contribution in [3.8, 4) is 11.4 Å². The zero-order valence-corrected chi connectivity index (χ0v) is 8.95. The number of nitrogens with zero attached hydrogens (tertiary/aromatic N) is 3. The molecular weight excluding hydrogens is 226 g/mol. The maximum atomic E-state index is 13.6. The van der Waals surface area contributed by atoms with Crippen molar-refractivity contribution in [2.24, 2.45) is 0 Å². The van der Waals surface area contributed by atoms with E-state index in [9.17, 15) is 8.78 Å². The molecule has 2 heterocycles. The van der Waals surface area contributed by atoms with Gasteiger partial charge in [0.2, 0.25) is 0 Å². The molecule has 1 aliphatic rings. The zero-order chi connectivity index (χ0) is 11.8. The quantitative estimate of drug-likeness (QED) is 0.812. The SMILES string of the molecule is Fc1ccc(-c2nnc3n2CCNC3)c(F)c1. The third-order valence-electron chi connectivity index (χ3n) is 2.79. The molecular formula is C11H10F2N4. The van der Waals surface area contributed by atoms with Gasteiger partial charge in [0.25, 0.3) is 0 Å². The highest BCUT2D eigenvalue weighted by atomic mass is 19.1. The fourth-order valence-electron chi connectivity index (χ4n) is 1.96. The van der Waals surface area contributed by atoms with Crippen LogP contribution in [-0.4, -0.2) is 21.3 Å². The molecule has 0 spiro atoms. The van der Waals surface area contributed by atoms with E-state index in [0.29, 0.717) is 18.9 Å². The lowest BCUT2D eigenvalue weighted by molar-refractivity contribution is 0.507. The topological polar surface area (TPSA) is 42.7 Å². The van der Waals surface area contributed by atoms with Gasteiger partial charge in [-0.05, 0) is 12.1 Å². The fourth-order valence-corrected chi connectivity index (χ4v) is 1.96. The average Bonchev–Trinajstić information content (AvgIpc) is 2.73. The van der Waals surface area contributed by atoms with Gasteiger partial charge in [-0.1, -0.05) is 0 Å². The molecule has 1 aromatic heterocycles. The number of aromatic nitrogens is 3. The van der Waals surface area contributed by atoms with Crippen molar-refractivity contribution < 1.29 is 8.78 Å². The summed E-state index contributed by atoms with van der Waals surface area (Å²) < 4.78 is 28.3. The first kappa shape index (κ1) is 10.3. The van der Waals surface area contributed by atoms with Crippen LogP contribution in [0.5, 0.6) is 0 Å². The Morgan fingerprint density at radius 1 is 1.24 bits per heavy atom. The van der Waals surface area contributed by atoms with Crippen molar-refractivity contribution in [1.29, 1.82) is 0 Å². The number of nitrogens with one attached hydrogen (secondary N) is 1. The van der Waals surface area contributed by atoms with Gasteiger partial charge < -0.3 is 9.88 Å². The van der Waals surface area contributed by atoms with Crippen LogP contribution in [0.4, 0.5) is 8.78 Å². The average molecular weight is 236 g/mol. The Kier molecular flexibility index (Phi) is 2.36. The molecule has 0 fully saturated rings. The first-order valence-electron chi connectivity index (χ1n) is 5.34. The summed E-state index contributed by atoms with van der Waals surface area (Å²) in [5, 5.41) is 11.1. The van der Waals surface area contributed by atoms with Gasteiger partial charge in [0, 0.05) is 19.2 Å². The molecule has 0 atom stereocenters. The lowest BCUT2D eigenvalue weighted by Gasteiger charge is -2.16. The highest BCUT2D eigenvalue weighted by Crippen LogP contribution is 2.23. The van der Waals surface area contributed by atoms with Crippen LogP contribution in [-0.2, 0) is 13.1 Å². The Bertz CT molecular complexity index is 565. The summed E-state index contributed by atoms with van der Waals surface area (Å²) in [6, 6.07) is 3.48. The van der Waals surface area contributed by atoms with Crippen LogP contribution >= 0.6 is 0 Å². The molecule has 6 heteroatoms. The molecule has 0 amide bonds. The molecule has 1 N–H and O–H groups in total. The first-order chi connectivity index (χ1) is 8.25. The van der Waals surface area contributed by atoms with Crippen LogP contribution < -0.4 is 5.32 Å². The number of hydrogen-bond donors (Lipinski definition) is 1. The van der Waals surface area contributed by atoms with Crippen molar-refractivity contribution in [2.75, 3.05) is 6.54 Å². The number of halogens is 2. The standard InChI is InChI=1S/C11H10F2N4/c12-7-1-2-8(9(13)5-7)11-16-15-10-6-14-3-4-17(10)11/h1-2,5,14H,3-4,6H2. The van der Waals surface area contributed by atoms with Crippen molar-refractivity contribution >= 4 is 0 Å². The van der Waals surface area contributed by atoms with Crippen LogP contribution in [0.1, 0.15) is 5.82 Å². The molecule has 0 aliphatic carbocycles. The van der Waals surface area contributed by atoms with Gasteiger partial charge in [-0.25, -0.2) is 8.78 Å². The van der Waals surface area contributed by atoms with E-state index in [1.165, 1.54) is 12.1 Å². The van der Waals surface area contributed by atoms with E-state index >= 15 is 0 Å². The second-order valence-electron chi connectivity index (χ2n) is 3.89. The number of hydrogen-bond acceptors (Lipinski definition) is 3.